The second-order valence-electron chi connectivity index (χ2n) is 6.40. The molecule has 1 atom stereocenters. The van der Waals surface area contributed by atoms with Crippen LogP contribution in [0.15, 0.2) is 30.3 Å². The molecule has 1 unspecified atom stereocenters. The van der Waals surface area contributed by atoms with Crippen molar-refractivity contribution in [1.82, 2.24) is 0 Å². The molecule has 0 saturated carbocycles. The number of ether oxygens (including phenoxy) is 3. The molecule has 0 aromatic heterocycles. The minimum Gasteiger partial charge on any atom is -0.380 e. The molecule has 1 aliphatic heterocycles. The summed E-state index contributed by atoms with van der Waals surface area (Å²) in [5, 5.41) is 0. The minimum atomic E-state index is -0.595. The summed E-state index contributed by atoms with van der Waals surface area (Å²) < 4.78 is 17.7. The van der Waals surface area contributed by atoms with E-state index in [0.717, 1.165) is 26.1 Å². The highest BCUT2D eigenvalue weighted by molar-refractivity contribution is 5.22. The monoisotopic (exact) mass is 306 g/mol. The van der Waals surface area contributed by atoms with Crippen molar-refractivity contribution in [3.05, 3.63) is 35.9 Å². The molecule has 1 saturated heterocycles. The van der Waals surface area contributed by atoms with Crippen molar-refractivity contribution in [2.45, 2.75) is 52.2 Å². The average molecular weight is 306 g/mol. The summed E-state index contributed by atoms with van der Waals surface area (Å²) in [6.07, 6.45) is 2.16. The van der Waals surface area contributed by atoms with Crippen LogP contribution in [-0.4, -0.2) is 32.2 Å². The Hall–Kier alpha value is -0.900. The summed E-state index contributed by atoms with van der Waals surface area (Å²) in [6, 6.07) is 10.6. The topological polar surface area (TPSA) is 27.7 Å². The maximum absolute atomic E-state index is 6.08. The Kier molecular flexibility index (Phi) is 6.01. The molecule has 1 aromatic rings. The van der Waals surface area contributed by atoms with Gasteiger partial charge in [-0.3, -0.25) is 0 Å². The van der Waals surface area contributed by atoms with E-state index in [2.05, 4.69) is 44.2 Å². The van der Waals surface area contributed by atoms with Gasteiger partial charge in [0.25, 0.3) is 0 Å². The first-order valence-corrected chi connectivity index (χ1v) is 8.49. The molecular weight excluding hydrogens is 276 g/mol. The fraction of sp³-hybridized carbons (Fsp3) is 0.684. The van der Waals surface area contributed by atoms with Gasteiger partial charge in [-0.25, -0.2) is 0 Å². The lowest BCUT2D eigenvalue weighted by molar-refractivity contribution is -0.246. The van der Waals surface area contributed by atoms with E-state index in [0.29, 0.717) is 13.2 Å². The van der Waals surface area contributed by atoms with E-state index in [9.17, 15) is 0 Å². The highest BCUT2D eigenvalue weighted by Gasteiger charge is 2.46. The molecule has 2 rings (SSSR count). The zero-order valence-electron chi connectivity index (χ0n) is 14.4. The van der Waals surface area contributed by atoms with Gasteiger partial charge in [-0.1, -0.05) is 37.3 Å². The molecule has 0 amide bonds. The second kappa shape index (κ2) is 7.58. The van der Waals surface area contributed by atoms with Crippen molar-refractivity contribution < 1.29 is 14.2 Å². The summed E-state index contributed by atoms with van der Waals surface area (Å²) in [7, 11) is 0. The summed E-state index contributed by atoms with van der Waals surface area (Å²) >= 11 is 0. The number of rotatable bonds is 9. The number of hydrogen-bond donors (Lipinski definition) is 0. The Morgan fingerprint density at radius 1 is 1.09 bits per heavy atom. The lowest BCUT2D eigenvalue weighted by atomic mass is 9.71. The van der Waals surface area contributed by atoms with Crippen LogP contribution in [0.2, 0.25) is 0 Å². The molecule has 3 heteroatoms. The zero-order valence-corrected chi connectivity index (χ0v) is 14.4. The van der Waals surface area contributed by atoms with Crippen LogP contribution in [0.5, 0.6) is 0 Å². The Morgan fingerprint density at radius 3 is 2.09 bits per heavy atom. The fourth-order valence-electron chi connectivity index (χ4n) is 3.40. The van der Waals surface area contributed by atoms with Crippen molar-refractivity contribution in [2.75, 3.05) is 26.4 Å². The molecule has 1 aliphatic rings. The second-order valence-corrected chi connectivity index (χ2v) is 6.40. The molecular formula is C19H30O3. The van der Waals surface area contributed by atoms with E-state index in [1.165, 1.54) is 5.56 Å². The van der Waals surface area contributed by atoms with Crippen LogP contribution >= 0.6 is 0 Å². The lowest BCUT2D eigenvalue weighted by Gasteiger charge is -2.47. The first-order chi connectivity index (χ1) is 10.6. The van der Waals surface area contributed by atoms with E-state index >= 15 is 0 Å². The maximum atomic E-state index is 6.08. The number of benzene rings is 1. The van der Waals surface area contributed by atoms with Crippen LogP contribution in [0.1, 0.15) is 52.0 Å². The van der Waals surface area contributed by atoms with E-state index in [-0.39, 0.29) is 11.3 Å². The Balaban J connectivity index is 2.31. The van der Waals surface area contributed by atoms with Gasteiger partial charge in [0.15, 0.2) is 5.79 Å². The van der Waals surface area contributed by atoms with Crippen LogP contribution in [0.4, 0.5) is 0 Å². The van der Waals surface area contributed by atoms with Gasteiger partial charge in [0.05, 0.1) is 13.2 Å². The Bertz CT molecular complexity index is 428. The quantitative estimate of drug-likeness (QED) is 0.634. The third-order valence-electron chi connectivity index (χ3n) is 4.90. The van der Waals surface area contributed by atoms with Crippen LogP contribution in [0.25, 0.3) is 0 Å². The molecule has 124 valence electrons. The van der Waals surface area contributed by atoms with E-state index in [1.807, 2.05) is 13.8 Å². The largest absolute Gasteiger partial charge is 0.380 e. The molecule has 0 aliphatic carbocycles. The van der Waals surface area contributed by atoms with Gasteiger partial charge in [0.1, 0.15) is 0 Å². The first-order valence-electron chi connectivity index (χ1n) is 8.49. The van der Waals surface area contributed by atoms with Gasteiger partial charge in [0, 0.05) is 24.5 Å². The zero-order chi connectivity index (χ0) is 16.1. The fourth-order valence-corrected chi connectivity index (χ4v) is 3.40. The average Bonchev–Trinajstić information content (AvgIpc) is 2.48. The van der Waals surface area contributed by atoms with Crippen molar-refractivity contribution in [1.29, 1.82) is 0 Å². The van der Waals surface area contributed by atoms with Gasteiger partial charge in [-0.2, -0.15) is 0 Å². The molecule has 0 bridgehead atoms. The van der Waals surface area contributed by atoms with E-state index in [4.69, 9.17) is 14.2 Å². The van der Waals surface area contributed by atoms with Gasteiger partial charge in [-0.15, -0.1) is 0 Å². The van der Waals surface area contributed by atoms with Crippen LogP contribution in [0.3, 0.4) is 0 Å². The molecule has 0 N–H and O–H groups in total. The van der Waals surface area contributed by atoms with Crippen LogP contribution < -0.4 is 0 Å². The van der Waals surface area contributed by atoms with Gasteiger partial charge in [-0.05, 0) is 39.2 Å². The molecule has 1 fully saturated rings. The summed E-state index contributed by atoms with van der Waals surface area (Å²) in [4.78, 5) is 0. The van der Waals surface area contributed by atoms with Crippen molar-refractivity contribution >= 4 is 0 Å². The molecule has 0 spiro atoms. The van der Waals surface area contributed by atoms with Crippen molar-refractivity contribution in [3.63, 3.8) is 0 Å². The SMILES string of the molecule is CCOC(C)(OCC)C(CC1(CC)COC1)c1ccccc1. The number of hydrogen-bond acceptors (Lipinski definition) is 3. The molecule has 1 aromatic carbocycles. The van der Waals surface area contributed by atoms with Crippen molar-refractivity contribution in [2.24, 2.45) is 5.41 Å². The summed E-state index contributed by atoms with van der Waals surface area (Å²) in [6.45, 7) is 11.4. The predicted molar refractivity (Wildman–Crippen MR) is 89.0 cm³/mol. The highest BCUT2D eigenvalue weighted by atomic mass is 16.7. The molecule has 0 radical (unpaired) electrons. The van der Waals surface area contributed by atoms with Gasteiger partial charge < -0.3 is 14.2 Å². The molecule has 3 nitrogen and oxygen atoms in total. The molecule has 22 heavy (non-hydrogen) atoms. The van der Waals surface area contributed by atoms with E-state index < -0.39 is 5.79 Å². The van der Waals surface area contributed by atoms with E-state index in [1.54, 1.807) is 0 Å². The Labute approximate surface area is 135 Å². The third kappa shape index (κ3) is 3.70. The van der Waals surface area contributed by atoms with Crippen LogP contribution in [-0.2, 0) is 14.2 Å². The van der Waals surface area contributed by atoms with Gasteiger partial charge in [0.2, 0.25) is 0 Å². The minimum absolute atomic E-state index is 0.206. The standard InChI is InChI=1S/C19H30O3/c1-5-19(14-20-15-19)13-17(16-11-9-8-10-12-16)18(4,21-6-2)22-7-3/h8-12,17H,5-7,13-15H2,1-4H3. The lowest BCUT2D eigenvalue weighted by Crippen LogP contribution is -2.48. The Morgan fingerprint density at radius 2 is 1.68 bits per heavy atom. The van der Waals surface area contributed by atoms with Crippen molar-refractivity contribution in [3.8, 4) is 0 Å². The summed E-state index contributed by atoms with van der Waals surface area (Å²) in [5.41, 5.74) is 1.54. The third-order valence-corrected chi connectivity index (χ3v) is 4.90. The summed E-state index contributed by atoms with van der Waals surface area (Å²) in [5.74, 6) is -0.389. The van der Waals surface area contributed by atoms with Crippen LogP contribution in [0, 0.1) is 5.41 Å². The predicted octanol–water partition coefficient (Wildman–Crippen LogP) is 4.38. The first kappa shape index (κ1) is 17.5. The highest BCUT2D eigenvalue weighted by Crippen LogP contribution is 2.46. The normalized spacial score (nSPS) is 18.7. The smallest absolute Gasteiger partial charge is 0.172 e. The maximum Gasteiger partial charge on any atom is 0.172 e. The molecule has 1 heterocycles. The van der Waals surface area contributed by atoms with Gasteiger partial charge >= 0.3 is 0 Å².